The van der Waals surface area contributed by atoms with Gasteiger partial charge in [-0.1, -0.05) is 26.0 Å². The van der Waals surface area contributed by atoms with Crippen LogP contribution in [-0.2, 0) is 13.2 Å². The van der Waals surface area contributed by atoms with Gasteiger partial charge in [0.1, 0.15) is 12.4 Å². The number of nitrogens with one attached hydrogen (secondary N) is 1. The topological polar surface area (TPSA) is 34.1 Å². The van der Waals surface area contributed by atoms with Crippen molar-refractivity contribution in [3.63, 3.8) is 0 Å². The maximum Gasteiger partial charge on any atom is 0.119 e. The lowest BCUT2D eigenvalue weighted by molar-refractivity contribution is 0.305. The molecular weight excluding hydrogens is 328 g/mol. The average Bonchev–Trinajstić information content (AvgIpc) is 2.46. The van der Waals surface area contributed by atoms with Gasteiger partial charge in [-0.05, 0) is 52.2 Å². The molecule has 112 valence electrons. The minimum Gasteiger partial charge on any atom is -0.489 e. The Balaban J connectivity index is 1.82. The van der Waals surface area contributed by atoms with Crippen molar-refractivity contribution in [2.24, 2.45) is 5.92 Å². The van der Waals surface area contributed by atoms with E-state index in [1.807, 2.05) is 24.4 Å². The van der Waals surface area contributed by atoms with Gasteiger partial charge in [-0.15, -0.1) is 0 Å². The van der Waals surface area contributed by atoms with Crippen LogP contribution in [0.5, 0.6) is 5.75 Å². The van der Waals surface area contributed by atoms with Crippen LogP contribution in [0, 0.1) is 5.92 Å². The highest BCUT2D eigenvalue weighted by Gasteiger charge is 1.99. The van der Waals surface area contributed by atoms with E-state index in [9.17, 15) is 0 Å². The fourth-order valence-electron chi connectivity index (χ4n) is 1.91. The first-order chi connectivity index (χ1) is 10.1. The number of ether oxygens (including phenoxy) is 1. The first kappa shape index (κ1) is 16.0. The van der Waals surface area contributed by atoms with Crippen molar-refractivity contribution in [2.75, 3.05) is 6.54 Å². The number of pyridine rings is 1. The molecular formula is C17H21BrN2O. The summed E-state index contributed by atoms with van der Waals surface area (Å²) in [5.41, 5.74) is 2.32. The van der Waals surface area contributed by atoms with E-state index in [0.717, 1.165) is 28.9 Å². The monoisotopic (exact) mass is 348 g/mol. The maximum absolute atomic E-state index is 5.76. The van der Waals surface area contributed by atoms with E-state index in [1.165, 1.54) is 5.56 Å². The molecule has 0 fully saturated rings. The van der Waals surface area contributed by atoms with Crippen molar-refractivity contribution in [1.82, 2.24) is 10.3 Å². The van der Waals surface area contributed by atoms with Gasteiger partial charge in [0.05, 0.1) is 0 Å². The molecule has 0 aliphatic carbocycles. The summed E-state index contributed by atoms with van der Waals surface area (Å²) in [5, 5.41) is 3.43. The number of rotatable bonds is 7. The SMILES string of the molecule is CC(C)CNCc1ccc(OCc2cncc(Br)c2)cc1. The van der Waals surface area contributed by atoms with Gasteiger partial charge in [-0.25, -0.2) is 0 Å². The Morgan fingerprint density at radius 3 is 2.57 bits per heavy atom. The highest BCUT2D eigenvalue weighted by atomic mass is 79.9. The smallest absolute Gasteiger partial charge is 0.119 e. The van der Waals surface area contributed by atoms with Crippen LogP contribution in [0.4, 0.5) is 0 Å². The van der Waals surface area contributed by atoms with E-state index >= 15 is 0 Å². The second-order valence-corrected chi connectivity index (χ2v) is 6.38. The van der Waals surface area contributed by atoms with Crippen molar-refractivity contribution < 1.29 is 4.74 Å². The van der Waals surface area contributed by atoms with E-state index in [4.69, 9.17) is 4.74 Å². The van der Waals surface area contributed by atoms with E-state index in [2.05, 4.69) is 52.2 Å². The van der Waals surface area contributed by atoms with Crippen LogP contribution in [0.25, 0.3) is 0 Å². The third-order valence-corrected chi connectivity index (χ3v) is 3.41. The van der Waals surface area contributed by atoms with Gasteiger partial charge < -0.3 is 10.1 Å². The third kappa shape index (κ3) is 5.86. The number of aromatic nitrogens is 1. The van der Waals surface area contributed by atoms with Crippen molar-refractivity contribution >= 4 is 15.9 Å². The lowest BCUT2D eigenvalue weighted by Gasteiger charge is -2.09. The number of nitrogens with zero attached hydrogens (tertiary/aromatic N) is 1. The zero-order valence-electron chi connectivity index (χ0n) is 12.5. The quantitative estimate of drug-likeness (QED) is 0.815. The van der Waals surface area contributed by atoms with Gasteiger partial charge in [0, 0.05) is 29.0 Å². The molecule has 0 amide bonds. The van der Waals surface area contributed by atoms with E-state index in [1.54, 1.807) is 6.20 Å². The fraction of sp³-hybridized carbons (Fsp3) is 0.353. The summed E-state index contributed by atoms with van der Waals surface area (Å²) >= 11 is 3.41. The lowest BCUT2D eigenvalue weighted by atomic mass is 10.2. The molecule has 0 saturated carbocycles. The average molecular weight is 349 g/mol. The summed E-state index contributed by atoms with van der Waals surface area (Å²) in [6, 6.07) is 10.2. The van der Waals surface area contributed by atoms with Gasteiger partial charge in [-0.3, -0.25) is 4.98 Å². The molecule has 1 N–H and O–H groups in total. The van der Waals surface area contributed by atoms with E-state index < -0.39 is 0 Å². The Morgan fingerprint density at radius 1 is 1.14 bits per heavy atom. The first-order valence-electron chi connectivity index (χ1n) is 7.15. The summed E-state index contributed by atoms with van der Waals surface area (Å²) in [6.45, 7) is 6.88. The van der Waals surface area contributed by atoms with Gasteiger partial charge in [-0.2, -0.15) is 0 Å². The second-order valence-electron chi connectivity index (χ2n) is 5.47. The van der Waals surface area contributed by atoms with Gasteiger partial charge in [0.2, 0.25) is 0 Å². The van der Waals surface area contributed by atoms with Crippen LogP contribution in [-0.4, -0.2) is 11.5 Å². The van der Waals surface area contributed by atoms with Crippen LogP contribution in [0.2, 0.25) is 0 Å². The van der Waals surface area contributed by atoms with E-state index in [0.29, 0.717) is 12.5 Å². The molecule has 2 rings (SSSR count). The third-order valence-electron chi connectivity index (χ3n) is 2.97. The summed E-state index contributed by atoms with van der Waals surface area (Å²) in [7, 11) is 0. The van der Waals surface area contributed by atoms with Crippen LogP contribution < -0.4 is 10.1 Å². The molecule has 0 saturated heterocycles. The second kappa shape index (κ2) is 8.15. The number of hydrogen-bond acceptors (Lipinski definition) is 3. The molecule has 21 heavy (non-hydrogen) atoms. The van der Waals surface area contributed by atoms with Crippen LogP contribution >= 0.6 is 15.9 Å². The molecule has 0 bridgehead atoms. The zero-order chi connectivity index (χ0) is 15.1. The molecule has 0 spiro atoms. The first-order valence-corrected chi connectivity index (χ1v) is 7.94. The van der Waals surface area contributed by atoms with Crippen LogP contribution in [0.3, 0.4) is 0 Å². The number of benzene rings is 1. The highest BCUT2D eigenvalue weighted by molar-refractivity contribution is 9.10. The van der Waals surface area contributed by atoms with E-state index in [-0.39, 0.29) is 0 Å². The van der Waals surface area contributed by atoms with Crippen molar-refractivity contribution in [3.05, 3.63) is 58.3 Å². The van der Waals surface area contributed by atoms with Gasteiger partial charge >= 0.3 is 0 Å². The predicted molar refractivity (Wildman–Crippen MR) is 89.3 cm³/mol. The largest absolute Gasteiger partial charge is 0.489 e. The Bertz CT molecular complexity index is 555. The molecule has 4 heteroatoms. The Labute approximate surface area is 134 Å². The molecule has 0 radical (unpaired) electrons. The minimum atomic E-state index is 0.525. The standard InChI is InChI=1S/C17H21BrN2O/c1-13(2)8-19-9-14-3-5-17(6-4-14)21-12-15-7-16(18)11-20-10-15/h3-7,10-11,13,19H,8-9,12H2,1-2H3. The number of halogens is 1. The molecule has 0 unspecified atom stereocenters. The Hall–Kier alpha value is -1.39. The molecule has 1 heterocycles. The lowest BCUT2D eigenvalue weighted by Crippen LogP contribution is -2.18. The summed E-state index contributed by atoms with van der Waals surface area (Å²) in [5.74, 6) is 1.55. The van der Waals surface area contributed by atoms with Gasteiger partial charge in [0.15, 0.2) is 0 Å². The molecule has 2 aromatic rings. The summed E-state index contributed by atoms with van der Waals surface area (Å²) in [6.07, 6.45) is 3.58. The van der Waals surface area contributed by atoms with Crippen LogP contribution in [0.15, 0.2) is 47.2 Å². The highest BCUT2D eigenvalue weighted by Crippen LogP contribution is 2.15. The molecule has 1 aromatic carbocycles. The summed E-state index contributed by atoms with van der Waals surface area (Å²) in [4.78, 5) is 4.12. The van der Waals surface area contributed by atoms with Crippen molar-refractivity contribution in [2.45, 2.75) is 27.0 Å². The molecule has 0 aliphatic heterocycles. The predicted octanol–water partition coefficient (Wildman–Crippen LogP) is 4.17. The van der Waals surface area contributed by atoms with Crippen molar-refractivity contribution in [3.8, 4) is 5.75 Å². The Kier molecular flexibility index (Phi) is 6.21. The maximum atomic E-state index is 5.76. The fourth-order valence-corrected chi connectivity index (χ4v) is 2.32. The zero-order valence-corrected chi connectivity index (χ0v) is 14.1. The minimum absolute atomic E-state index is 0.525. The molecule has 3 nitrogen and oxygen atoms in total. The summed E-state index contributed by atoms with van der Waals surface area (Å²) < 4.78 is 6.73. The normalized spacial score (nSPS) is 10.9. The van der Waals surface area contributed by atoms with Gasteiger partial charge in [0.25, 0.3) is 0 Å². The molecule has 1 aromatic heterocycles. The Morgan fingerprint density at radius 2 is 1.90 bits per heavy atom. The number of hydrogen-bond donors (Lipinski definition) is 1. The van der Waals surface area contributed by atoms with Crippen molar-refractivity contribution in [1.29, 1.82) is 0 Å². The molecule has 0 atom stereocenters. The van der Waals surface area contributed by atoms with Crippen LogP contribution in [0.1, 0.15) is 25.0 Å². The molecule has 0 aliphatic rings.